The smallest absolute Gasteiger partial charge is 0.335 e. The molecule has 1 atom stereocenters. The maximum atomic E-state index is 12.0. The summed E-state index contributed by atoms with van der Waals surface area (Å²) in [7, 11) is 0. The number of carbonyl (C=O) groups excluding carboxylic acids is 1. The third-order valence-corrected chi connectivity index (χ3v) is 5.96. The Kier molecular flexibility index (Phi) is 9.98. The molecule has 3 rings (SSSR count). The van der Waals surface area contributed by atoms with E-state index in [0.29, 0.717) is 26.2 Å². The van der Waals surface area contributed by atoms with Crippen LogP contribution in [-0.4, -0.2) is 56.4 Å². The van der Waals surface area contributed by atoms with Crippen molar-refractivity contribution in [3.05, 3.63) is 71.3 Å². The number of hydrogen-bond donors (Lipinski definition) is 0. The van der Waals surface area contributed by atoms with Gasteiger partial charge in [0.05, 0.1) is 6.61 Å². The molecular formula is C28H37NO4. The van der Waals surface area contributed by atoms with Crippen molar-refractivity contribution in [2.24, 2.45) is 0 Å². The average molecular weight is 452 g/mol. The van der Waals surface area contributed by atoms with E-state index in [4.69, 9.17) is 14.2 Å². The van der Waals surface area contributed by atoms with E-state index < -0.39 is 6.10 Å². The predicted molar refractivity (Wildman–Crippen MR) is 133 cm³/mol. The van der Waals surface area contributed by atoms with Gasteiger partial charge in [-0.1, -0.05) is 49.4 Å². The Morgan fingerprint density at radius 1 is 0.970 bits per heavy atom. The van der Waals surface area contributed by atoms with Gasteiger partial charge in [-0.2, -0.15) is 0 Å². The summed E-state index contributed by atoms with van der Waals surface area (Å²) in [4.78, 5) is 14.5. The number of ether oxygens (including phenoxy) is 3. The summed E-state index contributed by atoms with van der Waals surface area (Å²) >= 11 is 0. The molecule has 5 nitrogen and oxygen atoms in total. The van der Waals surface area contributed by atoms with Gasteiger partial charge in [-0.3, -0.25) is 4.90 Å². The minimum atomic E-state index is -0.566. The van der Waals surface area contributed by atoms with Gasteiger partial charge in [0.1, 0.15) is 12.4 Å². The van der Waals surface area contributed by atoms with Gasteiger partial charge in [-0.25, -0.2) is 4.79 Å². The van der Waals surface area contributed by atoms with Crippen molar-refractivity contribution in [2.75, 3.05) is 39.5 Å². The van der Waals surface area contributed by atoms with E-state index in [9.17, 15) is 4.79 Å². The van der Waals surface area contributed by atoms with Crippen LogP contribution in [-0.2, 0) is 27.1 Å². The standard InChI is InChI=1S/C28H37NO4/c1-4-22-7-11-24(12-8-22)25-15-17-29(18-16-25)19-20-33-26-13-9-23(10-14-26)21-27(31-5-2)28(30)32-6-3/h7-15,27H,4-6,16-21H2,1-3H3. The van der Waals surface area contributed by atoms with Crippen molar-refractivity contribution in [3.63, 3.8) is 0 Å². The molecule has 0 bridgehead atoms. The van der Waals surface area contributed by atoms with Crippen molar-refractivity contribution in [3.8, 4) is 5.75 Å². The van der Waals surface area contributed by atoms with E-state index in [-0.39, 0.29) is 5.97 Å². The molecular weight excluding hydrogens is 414 g/mol. The van der Waals surface area contributed by atoms with Crippen LogP contribution in [0.4, 0.5) is 0 Å². The first kappa shape index (κ1) is 25.0. The van der Waals surface area contributed by atoms with Crippen LogP contribution in [0.3, 0.4) is 0 Å². The van der Waals surface area contributed by atoms with Crippen molar-refractivity contribution in [1.29, 1.82) is 0 Å². The summed E-state index contributed by atoms with van der Waals surface area (Å²) < 4.78 is 16.6. The summed E-state index contributed by atoms with van der Waals surface area (Å²) in [6.07, 6.45) is 4.43. The zero-order chi connectivity index (χ0) is 23.5. The quantitative estimate of drug-likeness (QED) is 0.428. The van der Waals surface area contributed by atoms with E-state index in [0.717, 1.165) is 43.8 Å². The lowest BCUT2D eigenvalue weighted by Crippen LogP contribution is -2.32. The minimum absolute atomic E-state index is 0.309. The molecule has 1 aliphatic rings. The number of rotatable bonds is 12. The van der Waals surface area contributed by atoms with Crippen LogP contribution in [0.25, 0.3) is 5.57 Å². The normalized spacial score (nSPS) is 15.1. The molecule has 0 aliphatic carbocycles. The molecule has 0 aromatic heterocycles. The molecule has 0 amide bonds. The molecule has 0 saturated carbocycles. The average Bonchev–Trinajstić information content (AvgIpc) is 2.85. The molecule has 1 heterocycles. The lowest BCUT2D eigenvalue weighted by molar-refractivity contribution is -0.156. The molecule has 1 aliphatic heterocycles. The second-order valence-electron chi connectivity index (χ2n) is 8.22. The molecule has 33 heavy (non-hydrogen) atoms. The van der Waals surface area contributed by atoms with Crippen molar-refractivity contribution >= 4 is 11.5 Å². The number of nitrogens with zero attached hydrogens (tertiary/aromatic N) is 1. The molecule has 0 fully saturated rings. The van der Waals surface area contributed by atoms with E-state index in [1.807, 2.05) is 31.2 Å². The molecule has 0 spiro atoms. The fourth-order valence-electron chi connectivity index (χ4n) is 4.01. The SMILES string of the molecule is CCOC(=O)C(Cc1ccc(OCCN2CC=C(c3ccc(CC)cc3)CC2)cc1)OCC. The van der Waals surface area contributed by atoms with Gasteiger partial charge >= 0.3 is 5.97 Å². The third kappa shape index (κ3) is 7.72. The second-order valence-corrected chi connectivity index (χ2v) is 8.22. The number of benzene rings is 2. The Morgan fingerprint density at radius 3 is 2.30 bits per heavy atom. The van der Waals surface area contributed by atoms with Crippen LogP contribution in [0, 0.1) is 0 Å². The molecule has 1 unspecified atom stereocenters. The van der Waals surface area contributed by atoms with E-state index >= 15 is 0 Å². The molecule has 2 aromatic carbocycles. The maximum absolute atomic E-state index is 12.0. The van der Waals surface area contributed by atoms with Crippen molar-refractivity contribution < 1.29 is 19.0 Å². The highest BCUT2D eigenvalue weighted by molar-refractivity contribution is 5.75. The van der Waals surface area contributed by atoms with Crippen molar-refractivity contribution in [1.82, 2.24) is 4.90 Å². The summed E-state index contributed by atoms with van der Waals surface area (Å²) in [6.45, 7) is 10.3. The molecule has 178 valence electrons. The minimum Gasteiger partial charge on any atom is -0.492 e. The second kappa shape index (κ2) is 13.2. The van der Waals surface area contributed by atoms with Gasteiger partial charge < -0.3 is 14.2 Å². The number of aryl methyl sites for hydroxylation is 1. The number of esters is 1. The summed E-state index contributed by atoms with van der Waals surface area (Å²) in [5, 5.41) is 0. The summed E-state index contributed by atoms with van der Waals surface area (Å²) in [5.41, 5.74) is 5.20. The lowest BCUT2D eigenvalue weighted by Gasteiger charge is -2.26. The Morgan fingerprint density at radius 2 is 1.70 bits per heavy atom. The first-order valence-corrected chi connectivity index (χ1v) is 12.1. The molecule has 0 saturated heterocycles. The van der Waals surface area contributed by atoms with Crippen LogP contribution >= 0.6 is 0 Å². The Bertz CT molecular complexity index is 889. The highest BCUT2D eigenvalue weighted by atomic mass is 16.6. The molecule has 2 aromatic rings. The highest BCUT2D eigenvalue weighted by Gasteiger charge is 2.20. The topological polar surface area (TPSA) is 48.0 Å². The fourth-order valence-corrected chi connectivity index (χ4v) is 4.01. The van der Waals surface area contributed by atoms with E-state index in [1.165, 1.54) is 16.7 Å². The van der Waals surface area contributed by atoms with Gasteiger partial charge in [0.2, 0.25) is 0 Å². The zero-order valence-corrected chi connectivity index (χ0v) is 20.2. The first-order valence-electron chi connectivity index (χ1n) is 12.1. The first-order chi connectivity index (χ1) is 16.1. The molecule has 0 radical (unpaired) electrons. The summed E-state index contributed by atoms with van der Waals surface area (Å²) in [6, 6.07) is 16.8. The van der Waals surface area contributed by atoms with Crippen LogP contribution in [0.1, 0.15) is 43.9 Å². The zero-order valence-electron chi connectivity index (χ0n) is 20.2. The molecule has 0 N–H and O–H groups in total. The van der Waals surface area contributed by atoms with E-state index in [2.05, 4.69) is 42.2 Å². The monoisotopic (exact) mass is 451 g/mol. The van der Waals surface area contributed by atoms with Gasteiger partial charge in [-0.15, -0.1) is 0 Å². The third-order valence-electron chi connectivity index (χ3n) is 5.96. The van der Waals surface area contributed by atoms with Crippen LogP contribution < -0.4 is 4.74 Å². The number of hydrogen-bond acceptors (Lipinski definition) is 5. The van der Waals surface area contributed by atoms with Crippen LogP contribution in [0.15, 0.2) is 54.6 Å². The fraction of sp³-hybridized carbons (Fsp3) is 0.464. The Labute approximate surface area is 198 Å². The van der Waals surface area contributed by atoms with Gasteiger partial charge in [0.15, 0.2) is 6.10 Å². The summed E-state index contributed by atoms with van der Waals surface area (Å²) in [5.74, 6) is 0.531. The molecule has 5 heteroatoms. The maximum Gasteiger partial charge on any atom is 0.335 e. The predicted octanol–water partition coefficient (Wildman–Crippen LogP) is 4.93. The number of carbonyl (C=O) groups is 1. The largest absolute Gasteiger partial charge is 0.492 e. The highest BCUT2D eigenvalue weighted by Crippen LogP contribution is 2.23. The van der Waals surface area contributed by atoms with Crippen LogP contribution in [0.5, 0.6) is 5.75 Å². The van der Waals surface area contributed by atoms with E-state index in [1.54, 1.807) is 6.92 Å². The van der Waals surface area contributed by atoms with Gasteiger partial charge in [0, 0.05) is 32.7 Å². The Balaban J connectivity index is 1.42. The Hall–Kier alpha value is -2.63. The van der Waals surface area contributed by atoms with Crippen molar-refractivity contribution in [2.45, 2.75) is 46.1 Å². The van der Waals surface area contributed by atoms with Gasteiger partial charge in [0.25, 0.3) is 0 Å². The lowest BCUT2D eigenvalue weighted by atomic mass is 9.98. The van der Waals surface area contributed by atoms with Gasteiger partial charge in [-0.05, 0) is 61.1 Å². The van der Waals surface area contributed by atoms with Crippen LogP contribution in [0.2, 0.25) is 0 Å².